The van der Waals surface area contributed by atoms with Crippen molar-refractivity contribution in [3.05, 3.63) is 64.7 Å². The molecule has 1 N–H and O–H groups in total. The van der Waals surface area contributed by atoms with Crippen molar-refractivity contribution >= 4 is 23.8 Å². The van der Waals surface area contributed by atoms with Crippen LogP contribution < -0.4 is 4.74 Å². The van der Waals surface area contributed by atoms with E-state index >= 15 is 0 Å². The van der Waals surface area contributed by atoms with E-state index < -0.39 is 11.9 Å². The molecule has 0 bridgehead atoms. The summed E-state index contributed by atoms with van der Waals surface area (Å²) in [6.45, 7) is 1.98. The van der Waals surface area contributed by atoms with Gasteiger partial charge in [-0.25, -0.2) is 9.59 Å². The third kappa shape index (κ3) is 6.94. The average Bonchev–Trinajstić information content (AvgIpc) is 2.81. The van der Waals surface area contributed by atoms with E-state index in [1.165, 1.54) is 13.2 Å². The molecule has 7 heteroatoms. The highest BCUT2D eigenvalue weighted by atomic mass is 16.5. The highest BCUT2D eigenvalue weighted by molar-refractivity contribution is 5.97. The van der Waals surface area contributed by atoms with Gasteiger partial charge < -0.3 is 19.3 Å². The maximum absolute atomic E-state index is 12.8. The maximum atomic E-state index is 12.8. The number of cyclic esters (lactones) is 1. The summed E-state index contributed by atoms with van der Waals surface area (Å²) in [5, 5.41) is 10.6. The molecule has 3 rings (SSSR count). The summed E-state index contributed by atoms with van der Waals surface area (Å²) in [6, 6.07) is 9.88. The van der Waals surface area contributed by atoms with Crippen molar-refractivity contribution in [3.63, 3.8) is 0 Å². The zero-order valence-corrected chi connectivity index (χ0v) is 19.5. The summed E-state index contributed by atoms with van der Waals surface area (Å²) in [7, 11) is 1.33. The van der Waals surface area contributed by atoms with Crippen molar-refractivity contribution in [2.24, 2.45) is 0 Å². The Morgan fingerprint density at radius 2 is 1.85 bits per heavy atom. The summed E-state index contributed by atoms with van der Waals surface area (Å²) in [4.78, 5) is 36.3. The van der Waals surface area contributed by atoms with Crippen LogP contribution in [0.25, 0.3) is 6.08 Å². The number of ketones is 1. The molecular weight excluding hydrogens is 436 g/mol. The van der Waals surface area contributed by atoms with E-state index in [4.69, 9.17) is 14.2 Å². The number of phenolic OH excluding ortho intramolecular Hbond substituents is 1. The predicted octanol–water partition coefficient (Wildman–Crippen LogP) is 5.24. The number of hydrogen-bond donors (Lipinski definition) is 1. The molecule has 1 atom stereocenters. The Bertz CT molecular complexity index is 1050. The normalized spacial score (nSPS) is 17.3. The number of methoxy groups -OCH3 is 1. The smallest absolute Gasteiger partial charge is 0.342 e. The van der Waals surface area contributed by atoms with Crippen molar-refractivity contribution in [1.82, 2.24) is 0 Å². The summed E-state index contributed by atoms with van der Waals surface area (Å²) < 4.78 is 16.1. The third-order valence-electron chi connectivity index (χ3n) is 5.60. The number of ether oxygens (including phenoxy) is 3. The van der Waals surface area contributed by atoms with Crippen LogP contribution in [0.1, 0.15) is 77.3 Å². The maximum Gasteiger partial charge on any atom is 0.342 e. The SMILES string of the molecule is COC(=O)c1ccc(COc2cc(O)c3c(c2)C=CCCCC(=O)CCCC(C)OC3=O)cc1. The molecule has 1 aliphatic heterocycles. The number of esters is 2. The van der Waals surface area contributed by atoms with Gasteiger partial charge in [-0.2, -0.15) is 0 Å². The molecule has 0 aliphatic carbocycles. The molecule has 0 aromatic heterocycles. The minimum atomic E-state index is -0.613. The topological polar surface area (TPSA) is 99.1 Å². The fourth-order valence-electron chi connectivity index (χ4n) is 3.72. The van der Waals surface area contributed by atoms with Gasteiger partial charge in [-0.15, -0.1) is 0 Å². The van der Waals surface area contributed by atoms with E-state index in [2.05, 4.69) is 0 Å². The molecule has 34 heavy (non-hydrogen) atoms. The number of allylic oxidation sites excluding steroid dienone is 1. The van der Waals surface area contributed by atoms with Gasteiger partial charge >= 0.3 is 11.9 Å². The summed E-state index contributed by atoms with van der Waals surface area (Å²) >= 11 is 0. The van der Waals surface area contributed by atoms with E-state index in [1.807, 2.05) is 6.08 Å². The van der Waals surface area contributed by atoms with Gasteiger partial charge in [0, 0.05) is 18.9 Å². The quantitative estimate of drug-likeness (QED) is 0.615. The zero-order valence-electron chi connectivity index (χ0n) is 19.5. The van der Waals surface area contributed by atoms with E-state index in [1.54, 1.807) is 43.3 Å². The molecule has 180 valence electrons. The monoisotopic (exact) mass is 466 g/mol. The molecule has 0 radical (unpaired) electrons. The Morgan fingerprint density at radius 1 is 1.12 bits per heavy atom. The summed E-state index contributed by atoms with van der Waals surface area (Å²) in [5.41, 5.74) is 1.83. The van der Waals surface area contributed by atoms with Crippen LogP contribution in [0.5, 0.6) is 11.5 Å². The Hall–Kier alpha value is -3.61. The lowest BCUT2D eigenvalue weighted by Gasteiger charge is -2.16. The molecular formula is C27H30O7. The molecule has 1 unspecified atom stereocenters. The number of carbonyl (C=O) groups is 3. The Balaban J connectivity index is 1.80. The second kappa shape index (κ2) is 12.0. The summed E-state index contributed by atoms with van der Waals surface area (Å²) in [6.07, 6.45) is 6.91. The lowest BCUT2D eigenvalue weighted by Crippen LogP contribution is -2.17. The van der Waals surface area contributed by atoms with Crippen LogP contribution in [-0.4, -0.2) is 36.0 Å². The first-order valence-electron chi connectivity index (χ1n) is 11.4. The lowest BCUT2D eigenvalue weighted by molar-refractivity contribution is -0.119. The average molecular weight is 467 g/mol. The number of benzene rings is 2. The van der Waals surface area contributed by atoms with Crippen LogP contribution in [0.15, 0.2) is 42.5 Å². The minimum Gasteiger partial charge on any atom is -0.507 e. The van der Waals surface area contributed by atoms with Crippen molar-refractivity contribution in [3.8, 4) is 11.5 Å². The Labute approximate surface area is 199 Å². The van der Waals surface area contributed by atoms with Crippen LogP contribution in [-0.2, 0) is 20.9 Å². The van der Waals surface area contributed by atoms with Gasteiger partial charge in [-0.1, -0.05) is 24.3 Å². The molecule has 2 aromatic rings. The van der Waals surface area contributed by atoms with E-state index in [9.17, 15) is 19.5 Å². The molecule has 2 aromatic carbocycles. The molecule has 1 heterocycles. The van der Waals surface area contributed by atoms with E-state index in [-0.39, 0.29) is 29.8 Å². The molecule has 0 amide bonds. The van der Waals surface area contributed by atoms with Crippen molar-refractivity contribution < 1.29 is 33.7 Å². The largest absolute Gasteiger partial charge is 0.507 e. The highest BCUT2D eigenvalue weighted by Gasteiger charge is 2.21. The van der Waals surface area contributed by atoms with E-state index in [0.717, 1.165) is 12.0 Å². The van der Waals surface area contributed by atoms with Gasteiger partial charge in [0.05, 0.1) is 18.8 Å². The van der Waals surface area contributed by atoms with Gasteiger partial charge in [0.25, 0.3) is 0 Å². The number of aromatic hydroxyl groups is 1. The first kappa shape index (κ1) is 25.0. The molecule has 1 aliphatic rings. The molecule has 0 saturated heterocycles. The first-order chi connectivity index (χ1) is 16.4. The Morgan fingerprint density at radius 3 is 2.59 bits per heavy atom. The van der Waals surface area contributed by atoms with Crippen LogP contribution >= 0.6 is 0 Å². The third-order valence-corrected chi connectivity index (χ3v) is 5.60. The lowest BCUT2D eigenvalue weighted by atomic mass is 10.0. The highest BCUT2D eigenvalue weighted by Crippen LogP contribution is 2.31. The number of hydrogen-bond acceptors (Lipinski definition) is 7. The molecule has 0 fully saturated rings. The van der Waals surface area contributed by atoms with Crippen LogP contribution in [0.3, 0.4) is 0 Å². The summed E-state index contributed by atoms with van der Waals surface area (Å²) in [5.74, 6) is -0.649. The fourth-order valence-corrected chi connectivity index (χ4v) is 3.72. The minimum absolute atomic E-state index is 0.0889. The standard InChI is InChI=1S/C27H30O7/c1-18-7-6-10-22(28)9-5-3-4-8-21-15-23(16-24(29)25(21)27(31)34-18)33-17-19-11-13-20(14-12-19)26(30)32-2/h4,8,11-16,18,29H,3,5-7,9-10,17H2,1-2H3. The van der Waals surface area contributed by atoms with Crippen molar-refractivity contribution in [2.45, 2.75) is 58.2 Å². The van der Waals surface area contributed by atoms with Gasteiger partial charge in [-0.3, -0.25) is 4.79 Å². The van der Waals surface area contributed by atoms with Gasteiger partial charge in [0.2, 0.25) is 0 Å². The second-order valence-electron chi connectivity index (χ2n) is 8.33. The zero-order chi connectivity index (χ0) is 24.5. The van der Waals surface area contributed by atoms with Gasteiger partial charge in [-0.05, 0) is 61.9 Å². The molecule has 0 spiro atoms. The molecule has 7 nitrogen and oxygen atoms in total. The van der Waals surface area contributed by atoms with Crippen LogP contribution in [0.2, 0.25) is 0 Å². The number of Topliss-reactive ketones (excluding diaryl/α,β-unsaturated/α-hetero) is 1. The van der Waals surface area contributed by atoms with Gasteiger partial charge in [0.15, 0.2) is 0 Å². The number of fused-ring (bicyclic) bond motifs is 1. The van der Waals surface area contributed by atoms with Crippen molar-refractivity contribution in [1.29, 1.82) is 0 Å². The number of rotatable bonds is 4. The van der Waals surface area contributed by atoms with Crippen LogP contribution in [0, 0.1) is 0 Å². The Kier molecular flexibility index (Phi) is 8.85. The fraction of sp³-hybridized carbons (Fsp3) is 0.370. The second-order valence-corrected chi connectivity index (χ2v) is 8.33. The molecule has 0 saturated carbocycles. The van der Waals surface area contributed by atoms with E-state index in [0.29, 0.717) is 49.0 Å². The number of carbonyl (C=O) groups excluding carboxylic acids is 3. The van der Waals surface area contributed by atoms with Crippen molar-refractivity contribution in [2.75, 3.05) is 7.11 Å². The van der Waals surface area contributed by atoms with Gasteiger partial charge in [0.1, 0.15) is 29.5 Å². The van der Waals surface area contributed by atoms with Crippen LogP contribution in [0.4, 0.5) is 0 Å². The first-order valence-corrected chi connectivity index (χ1v) is 11.4. The predicted molar refractivity (Wildman–Crippen MR) is 127 cm³/mol. The number of phenols is 1.